The fourth-order valence-electron chi connectivity index (χ4n) is 1.59. The molecule has 0 saturated heterocycles. The first-order valence-corrected chi connectivity index (χ1v) is 6.13. The van der Waals surface area contributed by atoms with E-state index in [1.807, 2.05) is 19.1 Å². The van der Waals surface area contributed by atoms with Crippen LogP contribution in [0.1, 0.15) is 25.0 Å². The van der Waals surface area contributed by atoms with Crippen LogP contribution in [0.15, 0.2) is 16.6 Å². The van der Waals surface area contributed by atoms with Crippen molar-refractivity contribution in [1.82, 2.24) is 0 Å². The standard InChI is InChI=1S/C13H17BrO3/c1-8-5-11(17-4)10(14)6-9(8)7-13(2,3)12(15)16/h5-6H,7H2,1-4H3,(H,15,16). The van der Waals surface area contributed by atoms with Crippen LogP contribution in [0, 0.1) is 12.3 Å². The highest BCUT2D eigenvalue weighted by atomic mass is 79.9. The van der Waals surface area contributed by atoms with Crippen molar-refractivity contribution >= 4 is 21.9 Å². The monoisotopic (exact) mass is 300 g/mol. The van der Waals surface area contributed by atoms with E-state index in [4.69, 9.17) is 9.84 Å². The van der Waals surface area contributed by atoms with E-state index >= 15 is 0 Å². The molecule has 0 fully saturated rings. The van der Waals surface area contributed by atoms with Crippen LogP contribution in [0.5, 0.6) is 5.75 Å². The Labute approximate surface area is 110 Å². The van der Waals surface area contributed by atoms with Gasteiger partial charge in [-0.25, -0.2) is 0 Å². The molecule has 0 atom stereocenters. The predicted octanol–water partition coefficient (Wildman–Crippen LogP) is 3.42. The fraction of sp³-hybridized carbons (Fsp3) is 0.462. The summed E-state index contributed by atoms with van der Waals surface area (Å²) in [5.74, 6) is -0.0248. The van der Waals surface area contributed by atoms with Gasteiger partial charge in [0.25, 0.3) is 0 Å². The molecule has 0 radical (unpaired) electrons. The van der Waals surface area contributed by atoms with E-state index in [0.717, 1.165) is 21.3 Å². The summed E-state index contributed by atoms with van der Waals surface area (Å²) in [6.45, 7) is 5.42. The maximum absolute atomic E-state index is 11.1. The highest BCUT2D eigenvalue weighted by Crippen LogP contribution is 2.31. The third kappa shape index (κ3) is 3.22. The van der Waals surface area contributed by atoms with Crippen molar-refractivity contribution in [2.45, 2.75) is 27.2 Å². The fourth-order valence-corrected chi connectivity index (χ4v) is 2.15. The molecule has 0 bridgehead atoms. The minimum Gasteiger partial charge on any atom is -0.496 e. The van der Waals surface area contributed by atoms with E-state index in [1.165, 1.54) is 0 Å². The number of methoxy groups -OCH3 is 1. The minimum atomic E-state index is -0.788. The van der Waals surface area contributed by atoms with Gasteiger partial charge >= 0.3 is 5.97 Å². The summed E-state index contributed by atoms with van der Waals surface area (Å²) in [7, 11) is 1.61. The number of rotatable bonds is 4. The van der Waals surface area contributed by atoms with Crippen LogP contribution in [0.25, 0.3) is 0 Å². The SMILES string of the molecule is COc1cc(C)c(CC(C)(C)C(=O)O)cc1Br. The summed E-state index contributed by atoms with van der Waals surface area (Å²) in [6.07, 6.45) is 0.497. The zero-order chi connectivity index (χ0) is 13.2. The lowest BCUT2D eigenvalue weighted by atomic mass is 9.84. The second kappa shape index (κ2) is 5.08. The number of hydrogen-bond acceptors (Lipinski definition) is 2. The van der Waals surface area contributed by atoms with Gasteiger partial charge < -0.3 is 9.84 Å². The van der Waals surface area contributed by atoms with E-state index in [0.29, 0.717) is 6.42 Å². The first-order valence-electron chi connectivity index (χ1n) is 5.34. The van der Waals surface area contributed by atoms with Gasteiger partial charge in [-0.05, 0) is 66.4 Å². The topological polar surface area (TPSA) is 46.5 Å². The normalized spacial score (nSPS) is 11.4. The van der Waals surface area contributed by atoms with Crippen molar-refractivity contribution in [2.75, 3.05) is 7.11 Å². The lowest BCUT2D eigenvalue weighted by molar-refractivity contribution is -0.146. The van der Waals surface area contributed by atoms with Crippen molar-refractivity contribution < 1.29 is 14.6 Å². The zero-order valence-electron chi connectivity index (χ0n) is 10.5. The molecule has 0 aliphatic carbocycles. The molecule has 0 aliphatic rings. The summed E-state index contributed by atoms with van der Waals surface area (Å²) in [5.41, 5.74) is 1.29. The number of ether oxygens (including phenoxy) is 1. The van der Waals surface area contributed by atoms with Gasteiger partial charge in [0.05, 0.1) is 17.0 Å². The van der Waals surface area contributed by atoms with Gasteiger partial charge in [0, 0.05) is 0 Å². The van der Waals surface area contributed by atoms with E-state index in [-0.39, 0.29) is 0 Å². The summed E-state index contributed by atoms with van der Waals surface area (Å²) in [5, 5.41) is 9.13. The van der Waals surface area contributed by atoms with E-state index in [2.05, 4.69) is 15.9 Å². The van der Waals surface area contributed by atoms with Gasteiger partial charge in [0.1, 0.15) is 5.75 Å². The predicted molar refractivity (Wildman–Crippen MR) is 70.6 cm³/mol. The van der Waals surface area contributed by atoms with Crippen LogP contribution in [0.2, 0.25) is 0 Å². The molecule has 1 rings (SSSR count). The Morgan fingerprint density at radius 3 is 2.53 bits per heavy atom. The molecular formula is C13H17BrO3. The molecule has 94 valence electrons. The first kappa shape index (κ1) is 14.0. The molecule has 0 spiro atoms. The zero-order valence-corrected chi connectivity index (χ0v) is 12.1. The van der Waals surface area contributed by atoms with Gasteiger partial charge in [-0.15, -0.1) is 0 Å². The largest absolute Gasteiger partial charge is 0.496 e. The summed E-state index contributed by atoms with van der Waals surface area (Å²) in [6, 6.07) is 3.84. The number of carbonyl (C=O) groups is 1. The van der Waals surface area contributed by atoms with Crippen LogP contribution in [0.3, 0.4) is 0 Å². The third-order valence-electron chi connectivity index (χ3n) is 2.82. The van der Waals surface area contributed by atoms with Crippen LogP contribution in [-0.2, 0) is 11.2 Å². The Kier molecular flexibility index (Phi) is 4.20. The lowest BCUT2D eigenvalue weighted by Gasteiger charge is -2.21. The minimum absolute atomic E-state index is 0.497. The average Bonchev–Trinajstić information content (AvgIpc) is 2.22. The quantitative estimate of drug-likeness (QED) is 0.927. The van der Waals surface area contributed by atoms with Gasteiger partial charge in [-0.3, -0.25) is 4.79 Å². The molecule has 1 aromatic carbocycles. The van der Waals surface area contributed by atoms with E-state index in [9.17, 15) is 4.79 Å². The van der Waals surface area contributed by atoms with Crippen LogP contribution < -0.4 is 4.74 Å². The van der Waals surface area contributed by atoms with Crippen molar-refractivity contribution in [2.24, 2.45) is 5.41 Å². The van der Waals surface area contributed by atoms with Crippen molar-refractivity contribution in [3.63, 3.8) is 0 Å². The van der Waals surface area contributed by atoms with Crippen LogP contribution >= 0.6 is 15.9 Å². The van der Waals surface area contributed by atoms with Crippen LogP contribution in [0.4, 0.5) is 0 Å². The first-order chi connectivity index (χ1) is 7.77. The Balaban J connectivity index is 3.08. The van der Waals surface area contributed by atoms with Crippen molar-refractivity contribution in [1.29, 1.82) is 0 Å². The highest BCUT2D eigenvalue weighted by molar-refractivity contribution is 9.10. The molecule has 1 aromatic rings. The number of carboxylic acids is 1. The average molecular weight is 301 g/mol. The van der Waals surface area contributed by atoms with E-state index in [1.54, 1.807) is 21.0 Å². The smallest absolute Gasteiger partial charge is 0.309 e. The van der Waals surface area contributed by atoms with Gasteiger partial charge in [0.2, 0.25) is 0 Å². The molecule has 0 saturated carbocycles. The maximum Gasteiger partial charge on any atom is 0.309 e. The second-order valence-corrected chi connectivity index (χ2v) is 5.63. The molecule has 0 aromatic heterocycles. The van der Waals surface area contributed by atoms with Crippen molar-refractivity contribution in [3.8, 4) is 5.75 Å². The van der Waals surface area contributed by atoms with Gasteiger partial charge in [-0.1, -0.05) is 0 Å². The number of hydrogen-bond donors (Lipinski definition) is 1. The molecule has 0 amide bonds. The van der Waals surface area contributed by atoms with E-state index < -0.39 is 11.4 Å². The number of carboxylic acid groups (broad SMARTS) is 1. The Morgan fingerprint density at radius 2 is 2.06 bits per heavy atom. The number of halogens is 1. The lowest BCUT2D eigenvalue weighted by Crippen LogP contribution is -2.26. The molecule has 4 heteroatoms. The molecule has 3 nitrogen and oxygen atoms in total. The number of aryl methyl sites for hydroxylation is 1. The number of aliphatic carboxylic acids is 1. The third-order valence-corrected chi connectivity index (χ3v) is 3.44. The van der Waals surface area contributed by atoms with Crippen molar-refractivity contribution in [3.05, 3.63) is 27.7 Å². The molecular weight excluding hydrogens is 284 g/mol. The Bertz CT molecular complexity index is 439. The second-order valence-electron chi connectivity index (χ2n) is 4.78. The number of benzene rings is 1. The van der Waals surface area contributed by atoms with Gasteiger partial charge in [-0.2, -0.15) is 0 Å². The summed E-state index contributed by atoms with van der Waals surface area (Å²) in [4.78, 5) is 11.1. The Hall–Kier alpha value is -1.03. The molecule has 17 heavy (non-hydrogen) atoms. The van der Waals surface area contributed by atoms with Crippen LogP contribution in [-0.4, -0.2) is 18.2 Å². The summed E-state index contributed by atoms with van der Waals surface area (Å²) < 4.78 is 6.04. The molecule has 1 N–H and O–H groups in total. The summed E-state index contributed by atoms with van der Waals surface area (Å²) >= 11 is 3.41. The Morgan fingerprint density at radius 1 is 1.47 bits per heavy atom. The molecule has 0 heterocycles. The maximum atomic E-state index is 11.1. The highest BCUT2D eigenvalue weighted by Gasteiger charge is 2.28. The molecule has 0 unspecified atom stereocenters. The molecule has 0 aliphatic heterocycles. The van der Waals surface area contributed by atoms with Gasteiger partial charge in [0.15, 0.2) is 0 Å².